The fourth-order valence-electron chi connectivity index (χ4n) is 4.05. The van der Waals surface area contributed by atoms with E-state index >= 15 is 0 Å². The summed E-state index contributed by atoms with van der Waals surface area (Å²) >= 11 is 0. The summed E-state index contributed by atoms with van der Waals surface area (Å²) in [5.74, 6) is -0.154. The van der Waals surface area contributed by atoms with Crippen molar-refractivity contribution in [2.75, 3.05) is 18.0 Å². The van der Waals surface area contributed by atoms with Crippen molar-refractivity contribution in [3.8, 4) is 0 Å². The maximum absolute atomic E-state index is 12.0. The Morgan fingerprint density at radius 1 is 1.13 bits per heavy atom. The van der Waals surface area contributed by atoms with Gasteiger partial charge in [-0.1, -0.05) is 37.0 Å². The third kappa shape index (κ3) is 3.69. The fourth-order valence-corrected chi connectivity index (χ4v) is 4.05. The summed E-state index contributed by atoms with van der Waals surface area (Å²) in [6.45, 7) is 4.19. The molecule has 3 rings (SSSR count). The summed E-state index contributed by atoms with van der Waals surface area (Å²) in [5.41, 5.74) is 7.89. The van der Waals surface area contributed by atoms with Crippen molar-refractivity contribution in [2.45, 2.75) is 63.5 Å². The van der Waals surface area contributed by atoms with Crippen LogP contribution in [0, 0.1) is 6.92 Å². The fraction of sp³-hybridized carbons (Fsp3) is 0.632. The molecule has 0 bridgehead atoms. The van der Waals surface area contributed by atoms with E-state index in [1.54, 1.807) is 0 Å². The van der Waals surface area contributed by atoms with Gasteiger partial charge in [0, 0.05) is 24.8 Å². The number of aryl methyl sites for hydroxylation is 1. The third-order valence-electron chi connectivity index (χ3n) is 5.55. The molecule has 1 aliphatic carbocycles. The predicted molar refractivity (Wildman–Crippen MR) is 94.6 cm³/mol. The second-order valence-corrected chi connectivity index (χ2v) is 7.25. The van der Waals surface area contributed by atoms with Gasteiger partial charge in [-0.3, -0.25) is 4.79 Å². The van der Waals surface area contributed by atoms with Gasteiger partial charge in [-0.2, -0.15) is 0 Å². The minimum Gasteiger partial charge on any atom is -0.371 e. The van der Waals surface area contributed by atoms with E-state index in [1.807, 2.05) is 0 Å². The summed E-state index contributed by atoms with van der Waals surface area (Å²) in [7, 11) is 0. The molecule has 1 saturated carbocycles. The number of carbonyl (C=O) groups is 1. The van der Waals surface area contributed by atoms with Gasteiger partial charge >= 0.3 is 0 Å². The monoisotopic (exact) mass is 315 g/mol. The number of anilines is 1. The molecule has 2 aliphatic rings. The molecule has 0 unspecified atom stereocenters. The zero-order valence-electron chi connectivity index (χ0n) is 14.2. The van der Waals surface area contributed by atoms with Crippen LogP contribution in [-0.4, -0.2) is 30.6 Å². The third-order valence-corrected chi connectivity index (χ3v) is 5.55. The number of nitrogens with two attached hydrogens (primary N) is 1. The molecule has 126 valence electrons. The van der Waals surface area contributed by atoms with Gasteiger partial charge in [0.05, 0.1) is 5.54 Å². The molecule has 4 heteroatoms. The molecule has 1 aromatic carbocycles. The summed E-state index contributed by atoms with van der Waals surface area (Å²) in [5, 5.41) is 3.65. The molecule has 0 spiro atoms. The minimum atomic E-state index is -0.449. The van der Waals surface area contributed by atoms with Gasteiger partial charge in [-0.15, -0.1) is 0 Å². The van der Waals surface area contributed by atoms with E-state index in [0.29, 0.717) is 6.04 Å². The Balaban J connectivity index is 1.58. The second kappa shape index (κ2) is 6.91. The first kappa shape index (κ1) is 16.3. The van der Waals surface area contributed by atoms with E-state index in [4.69, 9.17) is 5.73 Å². The van der Waals surface area contributed by atoms with Gasteiger partial charge < -0.3 is 16.0 Å². The highest BCUT2D eigenvalue weighted by Crippen LogP contribution is 2.30. The zero-order chi connectivity index (χ0) is 16.3. The maximum atomic E-state index is 12.0. The Morgan fingerprint density at radius 3 is 2.30 bits per heavy atom. The summed E-state index contributed by atoms with van der Waals surface area (Å²) < 4.78 is 0. The number of nitrogens with zero attached hydrogens (tertiary/aromatic N) is 1. The largest absolute Gasteiger partial charge is 0.371 e. The lowest BCUT2D eigenvalue weighted by Crippen LogP contribution is -2.61. The molecule has 0 aromatic heterocycles. The molecule has 4 nitrogen and oxygen atoms in total. The Kier molecular flexibility index (Phi) is 4.90. The molecule has 0 radical (unpaired) electrons. The molecule has 1 amide bonds. The molecule has 0 atom stereocenters. The average Bonchev–Trinajstić information content (AvgIpc) is 2.57. The van der Waals surface area contributed by atoms with E-state index in [2.05, 4.69) is 41.4 Å². The van der Waals surface area contributed by atoms with Gasteiger partial charge in [0.25, 0.3) is 0 Å². The maximum Gasteiger partial charge on any atom is 0.237 e. The first-order valence-corrected chi connectivity index (χ1v) is 8.98. The highest BCUT2D eigenvalue weighted by Gasteiger charge is 2.39. The van der Waals surface area contributed by atoms with Crippen LogP contribution in [0.25, 0.3) is 0 Å². The number of primary amides is 1. The van der Waals surface area contributed by atoms with Crippen LogP contribution in [0.5, 0.6) is 0 Å². The van der Waals surface area contributed by atoms with E-state index in [0.717, 1.165) is 51.6 Å². The van der Waals surface area contributed by atoms with Gasteiger partial charge in [0.2, 0.25) is 5.91 Å². The first-order valence-electron chi connectivity index (χ1n) is 8.98. The normalized spacial score (nSPS) is 22.0. The average molecular weight is 315 g/mol. The van der Waals surface area contributed by atoms with Crippen LogP contribution in [0.2, 0.25) is 0 Å². The molecule has 2 fully saturated rings. The van der Waals surface area contributed by atoms with E-state index in [1.165, 1.54) is 17.7 Å². The van der Waals surface area contributed by atoms with Crippen LogP contribution in [-0.2, 0) is 4.79 Å². The van der Waals surface area contributed by atoms with E-state index in [9.17, 15) is 4.79 Å². The van der Waals surface area contributed by atoms with Crippen LogP contribution in [0.15, 0.2) is 24.3 Å². The van der Waals surface area contributed by atoms with Crippen molar-refractivity contribution in [1.82, 2.24) is 5.32 Å². The van der Waals surface area contributed by atoms with Crippen molar-refractivity contribution in [3.63, 3.8) is 0 Å². The van der Waals surface area contributed by atoms with Crippen molar-refractivity contribution in [1.29, 1.82) is 0 Å². The lowest BCUT2D eigenvalue weighted by Gasteiger charge is -2.42. The summed E-state index contributed by atoms with van der Waals surface area (Å²) in [6, 6.07) is 9.15. The van der Waals surface area contributed by atoms with Crippen LogP contribution in [0.1, 0.15) is 50.5 Å². The van der Waals surface area contributed by atoms with Crippen molar-refractivity contribution in [3.05, 3.63) is 29.8 Å². The smallest absolute Gasteiger partial charge is 0.237 e. The molecular weight excluding hydrogens is 286 g/mol. The molecule has 1 heterocycles. The Bertz CT molecular complexity index is 526. The van der Waals surface area contributed by atoms with Crippen LogP contribution >= 0.6 is 0 Å². The van der Waals surface area contributed by atoms with Crippen LogP contribution in [0.4, 0.5) is 5.69 Å². The van der Waals surface area contributed by atoms with Crippen molar-refractivity contribution >= 4 is 11.6 Å². The quantitative estimate of drug-likeness (QED) is 0.898. The molecule has 23 heavy (non-hydrogen) atoms. The number of rotatable bonds is 4. The zero-order valence-corrected chi connectivity index (χ0v) is 14.2. The van der Waals surface area contributed by atoms with Crippen molar-refractivity contribution in [2.24, 2.45) is 5.73 Å². The highest BCUT2D eigenvalue weighted by atomic mass is 16.1. The van der Waals surface area contributed by atoms with Gasteiger partial charge in [-0.05, 0) is 44.7 Å². The predicted octanol–water partition coefficient (Wildman–Crippen LogP) is 2.74. The van der Waals surface area contributed by atoms with Crippen LogP contribution < -0.4 is 16.0 Å². The molecule has 1 aliphatic heterocycles. The topological polar surface area (TPSA) is 58.4 Å². The van der Waals surface area contributed by atoms with Crippen LogP contribution in [0.3, 0.4) is 0 Å². The number of carbonyl (C=O) groups excluding carboxylic acids is 1. The summed E-state index contributed by atoms with van der Waals surface area (Å²) in [6.07, 6.45) is 7.39. The number of benzene rings is 1. The molecule has 3 N–H and O–H groups in total. The first-order chi connectivity index (χ1) is 11.1. The SMILES string of the molecule is Cc1ccc(N2CCC(NC3(C(N)=O)CCCCC3)CC2)cc1. The Hall–Kier alpha value is -1.55. The van der Waals surface area contributed by atoms with Crippen molar-refractivity contribution < 1.29 is 4.79 Å². The highest BCUT2D eigenvalue weighted by molar-refractivity contribution is 5.84. The summed E-state index contributed by atoms with van der Waals surface area (Å²) in [4.78, 5) is 14.5. The molecule has 1 saturated heterocycles. The molecular formula is C19H29N3O. The van der Waals surface area contributed by atoms with Gasteiger partial charge in [-0.25, -0.2) is 0 Å². The number of piperidine rings is 1. The van der Waals surface area contributed by atoms with Gasteiger partial charge in [0.1, 0.15) is 0 Å². The standard InChI is InChI=1S/C19H29N3O/c1-15-5-7-17(8-6-15)22-13-9-16(10-14-22)21-19(18(20)23)11-3-2-4-12-19/h5-8,16,21H,2-4,9-14H2,1H3,(H2,20,23). The lowest BCUT2D eigenvalue weighted by molar-refractivity contribution is -0.126. The number of hydrogen-bond donors (Lipinski definition) is 2. The number of amides is 1. The van der Waals surface area contributed by atoms with E-state index < -0.39 is 5.54 Å². The number of nitrogens with one attached hydrogen (secondary N) is 1. The minimum absolute atomic E-state index is 0.154. The molecule has 1 aromatic rings. The Labute approximate surface area is 139 Å². The second-order valence-electron chi connectivity index (χ2n) is 7.25. The Morgan fingerprint density at radius 2 is 1.74 bits per heavy atom. The van der Waals surface area contributed by atoms with E-state index in [-0.39, 0.29) is 5.91 Å². The lowest BCUT2D eigenvalue weighted by atomic mass is 9.80. The van der Waals surface area contributed by atoms with Gasteiger partial charge in [0.15, 0.2) is 0 Å². The number of hydrogen-bond acceptors (Lipinski definition) is 3.